The summed E-state index contributed by atoms with van der Waals surface area (Å²) in [6.07, 6.45) is 0.636. The van der Waals surface area contributed by atoms with Gasteiger partial charge >= 0.3 is 5.97 Å². The highest BCUT2D eigenvalue weighted by molar-refractivity contribution is 5.69. The zero-order valence-corrected chi connectivity index (χ0v) is 10.8. The van der Waals surface area contributed by atoms with Crippen LogP contribution in [0.4, 0.5) is 0 Å². The third-order valence-electron chi connectivity index (χ3n) is 2.56. The first-order valence-corrected chi connectivity index (χ1v) is 6.33. The van der Waals surface area contributed by atoms with E-state index in [1.54, 1.807) is 6.92 Å². The van der Waals surface area contributed by atoms with Gasteiger partial charge in [0.25, 0.3) is 0 Å². The lowest BCUT2D eigenvalue weighted by Gasteiger charge is -2.11. The van der Waals surface area contributed by atoms with Crippen LogP contribution in [-0.2, 0) is 9.53 Å². The molecule has 0 saturated carbocycles. The minimum Gasteiger partial charge on any atom is -0.466 e. The van der Waals surface area contributed by atoms with Crippen molar-refractivity contribution in [3.63, 3.8) is 0 Å². The number of rotatable bonds is 8. The van der Waals surface area contributed by atoms with Gasteiger partial charge in [0.1, 0.15) is 0 Å². The Morgan fingerprint density at radius 3 is 2.78 bits per heavy atom. The smallest absolute Gasteiger partial charge is 0.305 e. The van der Waals surface area contributed by atoms with Crippen LogP contribution in [0, 0.1) is 0 Å². The zero-order valence-electron chi connectivity index (χ0n) is 10.8. The van der Waals surface area contributed by atoms with E-state index in [9.17, 15) is 9.90 Å². The maximum atomic E-state index is 11.1. The quantitative estimate of drug-likeness (QED) is 0.545. The molecule has 0 aliphatic carbocycles. The van der Waals surface area contributed by atoms with Crippen LogP contribution in [0.15, 0.2) is 30.3 Å². The van der Waals surface area contributed by atoms with Crippen LogP contribution in [0.25, 0.3) is 0 Å². The number of hydrogen-bond donors (Lipinski definition) is 2. The monoisotopic (exact) mass is 251 g/mol. The number of carbonyl (C=O) groups excluding carboxylic acids is 1. The molecule has 0 aromatic heterocycles. The van der Waals surface area contributed by atoms with Crippen LogP contribution in [0.2, 0.25) is 0 Å². The summed E-state index contributed by atoms with van der Waals surface area (Å²) < 4.78 is 4.82. The summed E-state index contributed by atoms with van der Waals surface area (Å²) in [6.45, 7) is 3.42. The van der Waals surface area contributed by atoms with Gasteiger partial charge in [0, 0.05) is 13.0 Å². The largest absolute Gasteiger partial charge is 0.466 e. The fourth-order valence-corrected chi connectivity index (χ4v) is 1.62. The second kappa shape index (κ2) is 8.66. The molecule has 0 bridgehead atoms. The van der Waals surface area contributed by atoms with Crippen LogP contribution in [-0.4, -0.2) is 30.8 Å². The lowest BCUT2D eigenvalue weighted by molar-refractivity contribution is -0.143. The first-order chi connectivity index (χ1) is 8.74. The van der Waals surface area contributed by atoms with Crippen molar-refractivity contribution in [2.24, 2.45) is 0 Å². The van der Waals surface area contributed by atoms with Gasteiger partial charge in [-0.15, -0.1) is 0 Å². The Bertz CT molecular complexity index is 340. The molecule has 0 heterocycles. The van der Waals surface area contributed by atoms with E-state index in [2.05, 4.69) is 5.32 Å². The standard InChI is InChI=1S/C14H21NO3/c1-2-18-14(17)9-6-10-15-11-13(16)12-7-4-3-5-8-12/h3-5,7-8,13,15-16H,2,6,9-11H2,1H3. The molecule has 1 aromatic carbocycles. The third-order valence-corrected chi connectivity index (χ3v) is 2.56. The highest BCUT2D eigenvalue weighted by atomic mass is 16.5. The molecular weight excluding hydrogens is 230 g/mol. The molecule has 2 N–H and O–H groups in total. The predicted molar refractivity (Wildman–Crippen MR) is 70.1 cm³/mol. The molecule has 0 saturated heterocycles. The summed E-state index contributed by atoms with van der Waals surface area (Å²) in [5, 5.41) is 13.0. The van der Waals surface area contributed by atoms with Crippen LogP contribution in [0.1, 0.15) is 31.4 Å². The normalized spacial score (nSPS) is 12.1. The lowest BCUT2D eigenvalue weighted by atomic mass is 10.1. The molecule has 0 aliphatic rings. The number of aliphatic hydroxyl groups is 1. The fourth-order valence-electron chi connectivity index (χ4n) is 1.62. The molecule has 0 amide bonds. The first-order valence-electron chi connectivity index (χ1n) is 6.33. The molecule has 1 rings (SSSR count). The molecule has 4 heteroatoms. The van der Waals surface area contributed by atoms with Gasteiger partial charge < -0.3 is 15.2 Å². The summed E-state index contributed by atoms with van der Waals surface area (Å²) >= 11 is 0. The van der Waals surface area contributed by atoms with Crippen LogP contribution < -0.4 is 5.32 Å². The van der Waals surface area contributed by atoms with E-state index in [4.69, 9.17) is 4.74 Å². The van der Waals surface area contributed by atoms with E-state index in [0.717, 1.165) is 12.0 Å². The van der Waals surface area contributed by atoms with Crippen molar-refractivity contribution in [2.45, 2.75) is 25.9 Å². The molecular formula is C14H21NO3. The Kier molecular flexibility index (Phi) is 7.06. The Labute approximate surface area is 108 Å². The summed E-state index contributed by atoms with van der Waals surface area (Å²) in [6, 6.07) is 9.51. The minimum atomic E-state index is -0.506. The van der Waals surface area contributed by atoms with Crippen molar-refractivity contribution < 1.29 is 14.6 Å². The van der Waals surface area contributed by atoms with E-state index in [1.807, 2.05) is 30.3 Å². The Morgan fingerprint density at radius 2 is 2.11 bits per heavy atom. The van der Waals surface area contributed by atoms with Crippen molar-refractivity contribution in [2.75, 3.05) is 19.7 Å². The SMILES string of the molecule is CCOC(=O)CCCNCC(O)c1ccccc1. The average Bonchev–Trinajstić information content (AvgIpc) is 2.39. The minimum absolute atomic E-state index is 0.164. The fraction of sp³-hybridized carbons (Fsp3) is 0.500. The van der Waals surface area contributed by atoms with Crippen LogP contribution >= 0.6 is 0 Å². The van der Waals surface area contributed by atoms with Gasteiger partial charge in [0.15, 0.2) is 0 Å². The average molecular weight is 251 g/mol. The third kappa shape index (κ3) is 5.80. The molecule has 1 unspecified atom stereocenters. The second-order valence-electron chi connectivity index (χ2n) is 4.04. The van der Waals surface area contributed by atoms with Crippen LogP contribution in [0.5, 0.6) is 0 Å². The summed E-state index contributed by atoms with van der Waals surface area (Å²) in [4.78, 5) is 11.1. The summed E-state index contributed by atoms with van der Waals surface area (Å²) in [5.41, 5.74) is 0.899. The Morgan fingerprint density at radius 1 is 1.39 bits per heavy atom. The van der Waals surface area contributed by atoms with E-state index < -0.39 is 6.10 Å². The molecule has 100 valence electrons. The molecule has 0 spiro atoms. The molecule has 1 aromatic rings. The van der Waals surface area contributed by atoms with Gasteiger partial charge in [-0.25, -0.2) is 0 Å². The van der Waals surface area contributed by atoms with Gasteiger partial charge in [-0.2, -0.15) is 0 Å². The second-order valence-corrected chi connectivity index (χ2v) is 4.04. The van der Waals surface area contributed by atoms with Crippen molar-refractivity contribution in [1.82, 2.24) is 5.32 Å². The molecule has 0 fully saturated rings. The predicted octanol–water partition coefficient (Wildman–Crippen LogP) is 1.65. The first kappa shape index (κ1) is 14.7. The van der Waals surface area contributed by atoms with Gasteiger partial charge in [0.05, 0.1) is 12.7 Å². The molecule has 18 heavy (non-hydrogen) atoms. The summed E-state index contributed by atoms with van der Waals surface area (Å²) in [7, 11) is 0. The number of benzene rings is 1. The molecule has 4 nitrogen and oxygen atoms in total. The van der Waals surface area contributed by atoms with Crippen molar-refractivity contribution in [3.8, 4) is 0 Å². The van der Waals surface area contributed by atoms with Crippen molar-refractivity contribution in [3.05, 3.63) is 35.9 Å². The molecule has 0 aliphatic heterocycles. The number of esters is 1. The van der Waals surface area contributed by atoms with Crippen molar-refractivity contribution >= 4 is 5.97 Å². The van der Waals surface area contributed by atoms with E-state index in [0.29, 0.717) is 26.1 Å². The highest BCUT2D eigenvalue weighted by Gasteiger charge is 2.06. The van der Waals surface area contributed by atoms with E-state index in [1.165, 1.54) is 0 Å². The molecule has 0 radical (unpaired) electrons. The number of hydrogen-bond acceptors (Lipinski definition) is 4. The van der Waals surface area contributed by atoms with Gasteiger partial charge in [-0.05, 0) is 25.5 Å². The highest BCUT2D eigenvalue weighted by Crippen LogP contribution is 2.10. The zero-order chi connectivity index (χ0) is 13.2. The van der Waals surface area contributed by atoms with Crippen molar-refractivity contribution in [1.29, 1.82) is 0 Å². The van der Waals surface area contributed by atoms with Gasteiger partial charge in [0.2, 0.25) is 0 Å². The topological polar surface area (TPSA) is 58.6 Å². The maximum absolute atomic E-state index is 11.1. The van der Waals surface area contributed by atoms with Gasteiger partial charge in [-0.3, -0.25) is 4.79 Å². The number of ether oxygens (including phenoxy) is 1. The van der Waals surface area contributed by atoms with Gasteiger partial charge in [-0.1, -0.05) is 30.3 Å². The van der Waals surface area contributed by atoms with E-state index in [-0.39, 0.29) is 5.97 Å². The number of aliphatic hydroxyl groups excluding tert-OH is 1. The molecule has 1 atom stereocenters. The Hall–Kier alpha value is -1.39. The Balaban J connectivity index is 2.09. The number of carbonyl (C=O) groups is 1. The summed E-state index contributed by atoms with van der Waals surface area (Å²) in [5.74, 6) is -0.164. The maximum Gasteiger partial charge on any atom is 0.305 e. The van der Waals surface area contributed by atoms with E-state index >= 15 is 0 Å². The lowest BCUT2D eigenvalue weighted by Crippen LogP contribution is -2.23. The number of nitrogens with one attached hydrogen (secondary N) is 1. The van der Waals surface area contributed by atoms with Crippen LogP contribution in [0.3, 0.4) is 0 Å².